The van der Waals surface area contributed by atoms with Crippen LogP contribution in [0.1, 0.15) is 32.5 Å². The Kier molecular flexibility index (Phi) is 5.20. The molecule has 0 N–H and O–H groups in total. The van der Waals surface area contributed by atoms with E-state index in [0.717, 1.165) is 31.5 Å². The highest BCUT2D eigenvalue weighted by atomic mass is 16.5. The maximum atomic E-state index is 12.7. The van der Waals surface area contributed by atoms with Gasteiger partial charge in [0.2, 0.25) is 11.3 Å². The van der Waals surface area contributed by atoms with Gasteiger partial charge in [-0.1, -0.05) is 0 Å². The standard InChI is InChI=1S/C17H15NO8/c1-8(19)18-7-14(26-11(4)22)17(23)15-12(24-9(2)20)5-6-13(16(15)18)25-10(3)21/h5-7H,1-4H3. The normalized spacial score (nSPS) is 10.3. The molecule has 1 heterocycles. The predicted octanol–water partition coefficient (Wildman–Crippen LogP) is 1.44. The average molecular weight is 361 g/mol. The molecule has 2 aromatic rings. The highest BCUT2D eigenvalue weighted by Crippen LogP contribution is 2.33. The first-order valence-electron chi connectivity index (χ1n) is 7.40. The Morgan fingerprint density at radius 1 is 0.769 bits per heavy atom. The van der Waals surface area contributed by atoms with Gasteiger partial charge >= 0.3 is 17.9 Å². The monoisotopic (exact) mass is 361 g/mol. The second-order valence-electron chi connectivity index (χ2n) is 5.28. The summed E-state index contributed by atoms with van der Waals surface area (Å²) in [4.78, 5) is 58.7. The van der Waals surface area contributed by atoms with E-state index < -0.39 is 35.0 Å². The number of aromatic nitrogens is 1. The third kappa shape index (κ3) is 3.77. The zero-order valence-corrected chi connectivity index (χ0v) is 14.4. The molecule has 0 unspecified atom stereocenters. The number of rotatable bonds is 3. The van der Waals surface area contributed by atoms with E-state index >= 15 is 0 Å². The van der Waals surface area contributed by atoms with E-state index in [-0.39, 0.29) is 22.4 Å². The molecule has 0 amide bonds. The summed E-state index contributed by atoms with van der Waals surface area (Å²) in [5.41, 5.74) is -0.898. The Balaban J connectivity index is 3.00. The van der Waals surface area contributed by atoms with E-state index in [0.29, 0.717) is 0 Å². The number of nitrogens with zero attached hydrogens (tertiary/aromatic N) is 1. The summed E-state index contributed by atoms with van der Waals surface area (Å²) in [7, 11) is 0. The van der Waals surface area contributed by atoms with Gasteiger partial charge in [0, 0.05) is 27.7 Å². The van der Waals surface area contributed by atoms with Crippen LogP contribution < -0.4 is 19.6 Å². The fraction of sp³-hybridized carbons (Fsp3) is 0.235. The number of benzene rings is 1. The minimum absolute atomic E-state index is 0.0904. The first kappa shape index (κ1) is 18.8. The summed E-state index contributed by atoms with van der Waals surface area (Å²) in [6.07, 6.45) is 1.01. The van der Waals surface area contributed by atoms with Gasteiger partial charge in [-0.25, -0.2) is 0 Å². The van der Waals surface area contributed by atoms with Gasteiger partial charge in [-0.2, -0.15) is 0 Å². The zero-order chi connectivity index (χ0) is 19.6. The summed E-state index contributed by atoms with van der Waals surface area (Å²) in [6.45, 7) is 4.56. The minimum atomic E-state index is -0.807. The average Bonchev–Trinajstić information content (AvgIpc) is 2.50. The summed E-state index contributed by atoms with van der Waals surface area (Å²) in [5.74, 6) is -3.43. The summed E-state index contributed by atoms with van der Waals surface area (Å²) in [6, 6.07) is 2.53. The molecule has 0 saturated carbocycles. The van der Waals surface area contributed by atoms with Gasteiger partial charge in [0.05, 0.1) is 11.6 Å². The van der Waals surface area contributed by atoms with Crippen molar-refractivity contribution in [2.45, 2.75) is 27.7 Å². The van der Waals surface area contributed by atoms with Crippen molar-refractivity contribution < 1.29 is 33.4 Å². The molecule has 0 aliphatic heterocycles. The molecule has 0 radical (unpaired) electrons. The van der Waals surface area contributed by atoms with Gasteiger partial charge in [0.25, 0.3) is 0 Å². The predicted molar refractivity (Wildman–Crippen MR) is 88.4 cm³/mol. The van der Waals surface area contributed by atoms with Crippen LogP contribution in [0.4, 0.5) is 0 Å². The highest BCUT2D eigenvalue weighted by molar-refractivity contribution is 5.99. The largest absolute Gasteiger partial charge is 0.426 e. The molecule has 1 aromatic heterocycles. The van der Waals surface area contributed by atoms with Crippen molar-refractivity contribution >= 4 is 34.7 Å². The van der Waals surface area contributed by atoms with Crippen molar-refractivity contribution in [3.63, 3.8) is 0 Å². The Labute approximate surface area is 147 Å². The topological polar surface area (TPSA) is 118 Å². The van der Waals surface area contributed by atoms with Crippen LogP contribution in [-0.4, -0.2) is 28.4 Å². The Morgan fingerprint density at radius 3 is 1.73 bits per heavy atom. The number of carbonyl (C=O) groups is 4. The van der Waals surface area contributed by atoms with E-state index in [1.54, 1.807) is 0 Å². The molecule has 1 aromatic carbocycles. The van der Waals surface area contributed by atoms with E-state index in [2.05, 4.69) is 0 Å². The molecule has 0 saturated heterocycles. The maximum absolute atomic E-state index is 12.7. The van der Waals surface area contributed by atoms with Crippen LogP contribution in [-0.2, 0) is 14.4 Å². The smallest absolute Gasteiger partial charge is 0.308 e. The van der Waals surface area contributed by atoms with Crippen molar-refractivity contribution in [2.24, 2.45) is 0 Å². The lowest BCUT2D eigenvalue weighted by Gasteiger charge is -2.15. The quantitative estimate of drug-likeness (QED) is 0.595. The first-order chi connectivity index (χ1) is 12.1. The number of carbonyl (C=O) groups excluding carboxylic acids is 4. The fourth-order valence-corrected chi connectivity index (χ4v) is 2.33. The summed E-state index contributed by atoms with van der Waals surface area (Å²) < 4.78 is 15.9. The Morgan fingerprint density at radius 2 is 1.23 bits per heavy atom. The summed E-state index contributed by atoms with van der Waals surface area (Å²) in [5, 5.41) is -0.243. The number of hydrogen-bond donors (Lipinski definition) is 0. The van der Waals surface area contributed by atoms with Crippen molar-refractivity contribution in [3.8, 4) is 17.2 Å². The molecule has 2 rings (SSSR count). The molecule has 9 nitrogen and oxygen atoms in total. The van der Waals surface area contributed by atoms with Crippen LogP contribution in [0.15, 0.2) is 23.1 Å². The van der Waals surface area contributed by atoms with Crippen LogP contribution in [0.25, 0.3) is 10.9 Å². The molecule has 0 atom stereocenters. The number of hydrogen-bond acceptors (Lipinski definition) is 8. The molecular formula is C17H15NO8. The van der Waals surface area contributed by atoms with E-state index in [1.165, 1.54) is 19.1 Å². The molecule has 26 heavy (non-hydrogen) atoms. The van der Waals surface area contributed by atoms with Crippen molar-refractivity contribution in [2.75, 3.05) is 0 Å². The van der Waals surface area contributed by atoms with Crippen molar-refractivity contribution in [1.82, 2.24) is 4.57 Å². The third-order valence-corrected chi connectivity index (χ3v) is 3.14. The molecule has 0 spiro atoms. The van der Waals surface area contributed by atoms with Crippen LogP contribution in [0.5, 0.6) is 17.2 Å². The molecule has 0 bridgehead atoms. The highest BCUT2D eigenvalue weighted by Gasteiger charge is 2.22. The Hall–Kier alpha value is -3.49. The van der Waals surface area contributed by atoms with Crippen LogP contribution in [0.2, 0.25) is 0 Å². The van der Waals surface area contributed by atoms with E-state index in [9.17, 15) is 24.0 Å². The van der Waals surface area contributed by atoms with Crippen LogP contribution in [0.3, 0.4) is 0 Å². The molecule has 136 valence electrons. The zero-order valence-electron chi connectivity index (χ0n) is 14.4. The minimum Gasteiger partial charge on any atom is -0.426 e. The van der Waals surface area contributed by atoms with Crippen LogP contribution >= 0.6 is 0 Å². The maximum Gasteiger partial charge on any atom is 0.308 e. The molecule has 0 aliphatic carbocycles. The van der Waals surface area contributed by atoms with Gasteiger partial charge in [-0.3, -0.25) is 28.5 Å². The SMILES string of the molecule is CC(=O)Oc1cn(C(C)=O)c2c(OC(C)=O)ccc(OC(C)=O)c2c1=O. The lowest BCUT2D eigenvalue weighted by molar-refractivity contribution is -0.133. The number of ether oxygens (including phenoxy) is 3. The molecule has 0 aliphatic rings. The van der Waals surface area contributed by atoms with Gasteiger partial charge in [0.15, 0.2) is 11.5 Å². The van der Waals surface area contributed by atoms with Crippen LogP contribution in [0, 0.1) is 0 Å². The summed E-state index contributed by atoms with van der Waals surface area (Å²) >= 11 is 0. The second-order valence-corrected chi connectivity index (χ2v) is 5.28. The van der Waals surface area contributed by atoms with Gasteiger partial charge in [-0.15, -0.1) is 0 Å². The molecule has 9 heteroatoms. The molecule has 0 fully saturated rings. The third-order valence-electron chi connectivity index (χ3n) is 3.14. The second kappa shape index (κ2) is 7.18. The fourth-order valence-electron chi connectivity index (χ4n) is 2.33. The Bertz CT molecular complexity index is 1000. The van der Waals surface area contributed by atoms with E-state index in [4.69, 9.17) is 14.2 Å². The van der Waals surface area contributed by atoms with Gasteiger partial charge in [-0.05, 0) is 12.1 Å². The molecular weight excluding hydrogens is 346 g/mol. The lowest BCUT2D eigenvalue weighted by atomic mass is 10.1. The number of pyridine rings is 1. The van der Waals surface area contributed by atoms with Gasteiger partial charge in [0.1, 0.15) is 11.3 Å². The number of esters is 3. The van der Waals surface area contributed by atoms with Crippen molar-refractivity contribution in [1.29, 1.82) is 0 Å². The first-order valence-corrected chi connectivity index (χ1v) is 7.40. The van der Waals surface area contributed by atoms with E-state index in [1.807, 2.05) is 0 Å². The lowest BCUT2D eigenvalue weighted by Crippen LogP contribution is -2.20. The van der Waals surface area contributed by atoms with Crippen molar-refractivity contribution in [3.05, 3.63) is 28.6 Å². The number of fused-ring (bicyclic) bond motifs is 1. The van der Waals surface area contributed by atoms with Gasteiger partial charge < -0.3 is 14.2 Å².